The van der Waals surface area contributed by atoms with Crippen LogP contribution in [0.15, 0.2) is 28.8 Å². The summed E-state index contributed by atoms with van der Waals surface area (Å²) in [6.45, 7) is 2.23. The molecule has 27 heavy (non-hydrogen) atoms. The molecule has 0 spiro atoms. The zero-order valence-corrected chi connectivity index (χ0v) is 15.1. The fourth-order valence-corrected chi connectivity index (χ4v) is 3.16. The van der Waals surface area contributed by atoms with Crippen LogP contribution in [0.2, 0.25) is 0 Å². The van der Waals surface area contributed by atoms with Gasteiger partial charge in [-0.2, -0.15) is 4.98 Å². The van der Waals surface area contributed by atoms with E-state index in [1.807, 2.05) is 6.07 Å². The molecule has 3 rings (SSSR count). The summed E-state index contributed by atoms with van der Waals surface area (Å²) < 4.78 is 5.36. The highest BCUT2D eigenvalue weighted by Crippen LogP contribution is 2.21. The van der Waals surface area contributed by atoms with E-state index in [1.165, 1.54) is 12.8 Å². The van der Waals surface area contributed by atoms with Crippen molar-refractivity contribution in [1.82, 2.24) is 20.8 Å². The standard InChI is InChI=1S/C19H24N4O4/c24-17(25)8-11-21-19(26)15-3-1-2-14(12-15)18-22-16(27-23-18)5-4-13-6-9-20-10-7-13/h1-3,12-13,20H,4-11H2,(H,21,26)(H,24,25). The molecule has 1 aliphatic rings. The average Bonchev–Trinajstić information content (AvgIpc) is 3.16. The second kappa shape index (κ2) is 9.27. The van der Waals surface area contributed by atoms with Crippen molar-refractivity contribution in [2.45, 2.75) is 32.1 Å². The molecule has 0 saturated carbocycles. The molecule has 1 aromatic heterocycles. The van der Waals surface area contributed by atoms with Crippen LogP contribution in [0, 0.1) is 5.92 Å². The van der Waals surface area contributed by atoms with Gasteiger partial charge in [0.25, 0.3) is 5.91 Å². The molecule has 1 aromatic carbocycles. The van der Waals surface area contributed by atoms with E-state index < -0.39 is 5.97 Å². The number of hydrogen-bond donors (Lipinski definition) is 3. The number of carboxylic acids is 1. The van der Waals surface area contributed by atoms with E-state index in [4.69, 9.17) is 9.63 Å². The normalized spacial score (nSPS) is 14.8. The Bertz CT molecular complexity index is 784. The van der Waals surface area contributed by atoms with Crippen molar-refractivity contribution in [3.63, 3.8) is 0 Å². The molecule has 1 fully saturated rings. The second-order valence-electron chi connectivity index (χ2n) is 6.72. The summed E-state index contributed by atoms with van der Waals surface area (Å²) in [7, 11) is 0. The van der Waals surface area contributed by atoms with E-state index in [1.54, 1.807) is 18.2 Å². The maximum atomic E-state index is 12.1. The van der Waals surface area contributed by atoms with Gasteiger partial charge in [-0.1, -0.05) is 17.3 Å². The minimum absolute atomic E-state index is 0.0848. The second-order valence-corrected chi connectivity index (χ2v) is 6.72. The Morgan fingerprint density at radius 1 is 1.30 bits per heavy atom. The Morgan fingerprint density at radius 2 is 2.11 bits per heavy atom. The van der Waals surface area contributed by atoms with Crippen LogP contribution in [0.1, 0.15) is 41.9 Å². The number of hydrogen-bond acceptors (Lipinski definition) is 6. The molecule has 2 aromatic rings. The molecule has 144 valence electrons. The third kappa shape index (κ3) is 5.62. The van der Waals surface area contributed by atoms with Crippen molar-refractivity contribution < 1.29 is 19.2 Å². The van der Waals surface area contributed by atoms with E-state index in [0.717, 1.165) is 25.9 Å². The number of carbonyl (C=O) groups excluding carboxylic acids is 1. The zero-order chi connectivity index (χ0) is 19.1. The fraction of sp³-hybridized carbons (Fsp3) is 0.474. The van der Waals surface area contributed by atoms with Gasteiger partial charge in [-0.05, 0) is 50.4 Å². The van der Waals surface area contributed by atoms with E-state index in [2.05, 4.69) is 20.8 Å². The van der Waals surface area contributed by atoms with Gasteiger partial charge in [0, 0.05) is 24.1 Å². The number of aromatic nitrogens is 2. The Kier molecular flexibility index (Phi) is 6.54. The fourth-order valence-electron chi connectivity index (χ4n) is 3.16. The van der Waals surface area contributed by atoms with Gasteiger partial charge in [-0.3, -0.25) is 9.59 Å². The van der Waals surface area contributed by atoms with Crippen LogP contribution in [-0.4, -0.2) is 46.8 Å². The van der Waals surface area contributed by atoms with Crippen molar-refractivity contribution in [2.24, 2.45) is 5.92 Å². The van der Waals surface area contributed by atoms with E-state index in [0.29, 0.717) is 28.8 Å². The first-order valence-corrected chi connectivity index (χ1v) is 9.25. The van der Waals surface area contributed by atoms with Crippen LogP contribution in [0.25, 0.3) is 11.4 Å². The number of aliphatic carboxylic acids is 1. The summed E-state index contributed by atoms with van der Waals surface area (Å²) in [5.74, 6) is 0.482. The topological polar surface area (TPSA) is 117 Å². The minimum Gasteiger partial charge on any atom is -0.481 e. The first-order chi connectivity index (χ1) is 13.1. The molecule has 1 aliphatic heterocycles. The van der Waals surface area contributed by atoms with Gasteiger partial charge in [0.1, 0.15) is 0 Å². The van der Waals surface area contributed by atoms with Gasteiger partial charge in [0.05, 0.1) is 6.42 Å². The van der Waals surface area contributed by atoms with Crippen LogP contribution in [0.3, 0.4) is 0 Å². The number of nitrogens with one attached hydrogen (secondary N) is 2. The van der Waals surface area contributed by atoms with Gasteiger partial charge >= 0.3 is 5.97 Å². The lowest BCUT2D eigenvalue weighted by Gasteiger charge is -2.21. The molecule has 0 unspecified atom stereocenters. The van der Waals surface area contributed by atoms with Crippen LogP contribution in [-0.2, 0) is 11.2 Å². The Morgan fingerprint density at radius 3 is 2.89 bits per heavy atom. The zero-order valence-electron chi connectivity index (χ0n) is 15.1. The molecule has 0 radical (unpaired) electrons. The summed E-state index contributed by atoms with van der Waals surface area (Å²) in [4.78, 5) is 27.1. The van der Waals surface area contributed by atoms with E-state index in [-0.39, 0.29) is 18.9 Å². The lowest BCUT2D eigenvalue weighted by molar-refractivity contribution is -0.136. The van der Waals surface area contributed by atoms with Gasteiger partial charge in [-0.25, -0.2) is 0 Å². The van der Waals surface area contributed by atoms with Crippen molar-refractivity contribution in [3.05, 3.63) is 35.7 Å². The molecular weight excluding hydrogens is 348 g/mol. The number of rotatable bonds is 8. The molecule has 1 saturated heterocycles. The van der Waals surface area contributed by atoms with Crippen molar-refractivity contribution in [2.75, 3.05) is 19.6 Å². The summed E-state index contributed by atoms with van der Waals surface area (Å²) in [6.07, 6.45) is 4.04. The first-order valence-electron chi connectivity index (χ1n) is 9.25. The van der Waals surface area contributed by atoms with Gasteiger partial charge in [-0.15, -0.1) is 0 Å². The molecule has 2 heterocycles. The third-order valence-electron chi connectivity index (χ3n) is 4.70. The van der Waals surface area contributed by atoms with Gasteiger partial charge < -0.3 is 20.3 Å². The highest BCUT2D eigenvalue weighted by Gasteiger charge is 2.16. The molecule has 8 nitrogen and oxygen atoms in total. The Balaban J connectivity index is 1.58. The van der Waals surface area contributed by atoms with Gasteiger partial charge in [0.15, 0.2) is 0 Å². The minimum atomic E-state index is -0.951. The van der Waals surface area contributed by atoms with E-state index in [9.17, 15) is 9.59 Å². The number of carboxylic acid groups (broad SMARTS) is 1. The summed E-state index contributed by atoms with van der Waals surface area (Å²) in [5.41, 5.74) is 1.12. The largest absolute Gasteiger partial charge is 0.481 e. The van der Waals surface area contributed by atoms with Gasteiger partial charge in [0.2, 0.25) is 11.7 Å². The lowest BCUT2D eigenvalue weighted by atomic mass is 9.93. The van der Waals surface area contributed by atoms with Crippen LogP contribution < -0.4 is 10.6 Å². The van der Waals surface area contributed by atoms with Crippen molar-refractivity contribution >= 4 is 11.9 Å². The summed E-state index contributed by atoms with van der Waals surface area (Å²) >= 11 is 0. The van der Waals surface area contributed by atoms with Crippen LogP contribution in [0.5, 0.6) is 0 Å². The Labute approximate surface area is 157 Å². The molecular formula is C19H24N4O4. The number of piperidine rings is 1. The maximum absolute atomic E-state index is 12.1. The predicted octanol–water partition coefficient (Wildman–Crippen LogP) is 1.87. The smallest absolute Gasteiger partial charge is 0.305 e. The number of amides is 1. The number of aryl methyl sites for hydroxylation is 1. The first kappa shape index (κ1) is 19.0. The summed E-state index contributed by atoms with van der Waals surface area (Å²) in [6, 6.07) is 6.90. The van der Waals surface area contributed by atoms with Crippen LogP contribution >= 0.6 is 0 Å². The SMILES string of the molecule is O=C(O)CCNC(=O)c1cccc(-c2noc(CCC3CCNCC3)n2)c1. The van der Waals surface area contributed by atoms with Crippen molar-refractivity contribution in [3.8, 4) is 11.4 Å². The quantitative estimate of drug-likeness (QED) is 0.647. The van der Waals surface area contributed by atoms with Crippen molar-refractivity contribution in [1.29, 1.82) is 0 Å². The molecule has 8 heteroatoms. The average molecular weight is 372 g/mol. The maximum Gasteiger partial charge on any atom is 0.305 e. The third-order valence-corrected chi connectivity index (χ3v) is 4.70. The monoisotopic (exact) mass is 372 g/mol. The number of benzene rings is 1. The van der Waals surface area contributed by atoms with Crippen LogP contribution in [0.4, 0.5) is 0 Å². The Hall–Kier alpha value is -2.74. The molecule has 1 amide bonds. The lowest BCUT2D eigenvalue weighted by Crippen LogP contribution is -2.27. The van der Waals surface area contributed by atoms with E-state index >= 15 is 0 Å². The molecule has 3 N–H and O–H groups in total. The number of nitrogens with zero attached hydrogens (tertiary/aromatic N) is 2. The molecule has 0 atom stereocenters. The molecule has 0 aliphatic carbocycles. The predicted molar refractivity (Wildman–Crippen MR) is 98.2 cm³/mol. The highest BCUT2D eigenvalue weighted by atomic mass is 16.5. The summed E-state index contributed by atoms with van der Waals surface area (Å²) in [5, 5.41) is 18.6. The highest BCUT2D eigenvalue weighted by molar-refractivity contribution is 5.95. The molecule has 0 bridgehead atoms. The number of carbonyl (C=O) groups is 2.